The number of aliphatic hydroxyl groups is 1. The first kappa shape index (κ1) is 16.9. The van der Waals surface area contributed by atoms with Gasteiger partial charge >= 0.3 is 0 Å². The van der Waals surface area contributed by atoms with Crippen molar-refractivity contribution < 1.29 is 9.90 Å². The van der Waals surface area contributed by atoms with Gasteiger partial charge in [-0.2, -0.15) is 0 Å². The average Bonchev–Trinajstić information content (AvgIpc) is 3.06. The van der Waals surface area contributed by atoms with Crippen LogP contribution in [0.15, 0.2) is 48.5 Å². The van der Waals surface area contributed by atoms with Crippen LogP contribution in [0.5, 0.6) is 0 Å². The van der Waals surface area contributed by atoms with E-state index in [0.717, 1.165) is 22.4 Å². The number of hydrogen-bond donors (Lipinski definition) is 2. The van der Waals surface area contributed by atoms with Gasteiger partial charge < -0.3 is 10.4 Å². The molecule has 0 aliphatic rings. The Morgan fingerprint density at radius 3 is 2.24 bits per heavy atom. The van der Waals surface area contributed by atoms with Gasteiger partial charge in [-0.1, -0.05) is 47.5 Å². The number of nitrogens with one attached hydrogen (secondary N) is 1. The highest BCUT2D eigenvalue weighted by Crippen LogP contribution is 2.22. The summed E-state index contributed by atoms with van der Waals surface area (Å²) in [5, 5.41) is 15.8. The van der Waals surface area contributed by atoms with E-state index in [2.05, 4.69) is 15.4 Å². The molecule has 6 nitrogen and oxygen atoms in total. The lowest BCUT2D eigenvalue weighted by Gasteiger charge is -2.06. The van der Waals surface area contributed by atoms with Crippen LogP contribution in [0.1, 0.15) is 21.7 Å². The van der Waals surface area contributed by atoms with Crippen molar-refractivity contribution >= 4 is 5.91 Å². The molecule has 0 bridgehead atoms. The molecule has 0 saturated carbocycles. The Kier molecular flexibility index (Phi) is 4.90. The molecule has 0 atom stereocenters. The van der Waals surface area contributed by atoms with Crippen molar-refractivity contribution in [1.82, 2.24) is 20.1 Å². The summed E-state index contributed by atoms with van der Waals surface area (Å²) in [4.78, 5) is 16.6. The van der Waals surface area contributed by atoms with Crippen molar-refractivity contribution in [1.29, 1.82) is 0 Å². The van der Waals surface area contributed by atoms with E-state index in [0.29, 0.717) is 5.82 Å². The summed E-state index contributed by atoms with van der Waals surface area (Å²) in [6.07, 6.45) is 0. The van der Waals surface area contributed by atoms with Gasteiger partial charge in [0.25, 0.3) is 5.91 Å². The maximum Gasteiger partial charge on any atom is 0.291 e. The van der Waals surface area contributed by atoms with Crippen LogP contribution in [0.2, 0.25) is 0 Å². The van der Waals surface area contributed by atoms with Gasteiger partial charge in [0.05, 0.1) is 12.3 Å². The lowest BCUT2D eigenvalue weighted by molar-refractivity contribution is 0.0934. The van der Waals surface area contributed by atoms with E-state index in [9.17, 15) is 4.79 Å². The van der Waals surface area contributed by atoms with Gasteiger partial charge in [-0.3, -0.25) is 4.79 Å². The van der Waals surface area contributed by atoms with Crippen molar-refractivity contribution in [3.63, 3.8) is 0 Å². The smallest absolute Gasteiger partial charge is 0.291 e. The van der Waals surface area contributed by atoms with Gasteiger partial charge in [-0.25, -0.2) is 9.67 Å². The van der Waals surface area contributed by atoms with Gasteiger partial charge in [0, 0.05) is 12.1 Å². The van der Waals surface area contributed by atoms with E-state index in [1.165, 1.54) is 0 Å². The Morgan fingerprint density at radius 2 is 1.64 bits per heavy atom. The molecule has 0 spiro atoms. The van der Waals surface area contributed by atoms with Crippen LogP contribution in [-0.4, -0.2) is 38.9 Å². The van der Waals surface area contributed by atoms with Crippen LogP contribution in [0.25, 0.3) is 17.1 Å². The minimum atomic E-state index is -0.409. The predicted octanol–water partition coefficient (Wildman–Crippen LogP) is 2.27. The first-order valence-corrected chi connectivity index (χ1v) is 8.08. The summed E-state index contributed by atoms with van der Waals surface area (Å²) < 4.78 is 1.66. The fraction of sp³-hybridized carbons (Fsp3) is 0.211. The second-order valence-corrected chi connectivity index (χ2v) is 5.85. The minimum absolute atomic E-state index is 0.0737. The maximum atomic E-state index is 12.2. The topological polar surface area (TPSA) is 80.0 Å². The van der Waals surface area contributed by atoms with Gasteiger partial charge in [-0.15, -0.1) is 5.10 Å². The summed E-state index contributed by atoms with van der Waals surface area (Å²) in [5.41, 5.74) is 3.99. The highest BCUT2D eigenvalue weighted by Gasteiger charge is 2.18. The van der Waals surface area contributed by atoms with E-state index in [1.54, 1.807) is 4.68 Å². The molecular formula is C19H20N4O2. The second-order valence-electron chi connectivity index (χ2n) is 5.85. The van der Waals surface area contributed by atoms with Crippen LogP contribution < -0.4 is 5.32 Å². The van der Waals surface area contributed by atoms with Crippen molar-refractivity contribution in [2.24, 2.45) is 0 Å². The van der Waals surface area contributed by atoms with E-state index in [-0.39, 0.29) is 19.0 Å². The summed E-state index contributed by atoms with van der Waals surface area (Å²) in [6, 6.07) is 15.8. The van der Waals surface area contributed by atoms with Crippen LogP contribution in [-0.2, 0) is 0 Å². The van der Waals surface area contributed by atoms with Crippen molar-refractivity contribution in [3.8, 4) is 17.1 Å². The summed E-state index contributed by atoms with van der Waals surface area (Å²) in [6.45, 7) is 4.06. The number of rotatable bonds is 5. The van der Waals surface area contributed by atoms with Gasteiger partial charge in [0.15, 0.2) is 5.82 Å². The molecule has 0 unspecified atom stereocenters. The Balaban J connectivity index is 2.07. The SMILES string of the molecule is Cc1ccc(-c2nc(C(=O)NCCO)nn2-c2ccc(C)cc2)cc1. The molecular weight excluding hydrogens is 316 g/mol. The highest BCUT2D eigenvalue weighted by atomic mass is 16.3. The normalized spacial score (nSPS) is 10.7. The standard InChI is InChI=1S/C19H20N4O2/c1-13-3-7-15(8-4-13)18-21-17(19(25)20-11-12-24)22-23(18)16-9-5-14(2)6-10-16/h3-10,24H,11-12H2,1-2H3,(H,20,25). The molecule has 1 aromatic heterocycles. The van der Waals surface area contributed by atoms with Crippen LogP contribution in [0, 0.1) is 13.8 Å². The summed E-state index contributed by atoms with van der Waals surface area (Å²) >= 11 is 0. The fourth-order valence-electron chi connectivity index (χ4n) is 2.41. The quantitative estimate of drug-likeness (QED) is 0.749. The third-order valence-corrected chi connectivity index (χ3v) is 3.80. The van der Waals surface area contributed by atoms with Crippen LogP contribution in [0.3, 0.4) is 0 Å². The van der Waals surface area contributed by atoms with E-state index in [1.807, 2.05) is 62.4 Å². The molecule has 0 radical (unpaired) electrons. The minimum Gasteiger partial charge on any atom is -0.395 e. The van der Waals surface area contributed by atoms with Crippen molar-refractivity contribution in [2.45, 2.75) is 13.8 Å². The first-order chi connectivity index (χ1) is 12.1. The molecule has 0 saturated heterocycles. The fourth-order valence-corrected chi connectivity index (χ4v) is 2.41. The predicted molar refractivity (Wildman–Crippen MR) is 95.7 cm³/mol. The van der Waals surface area contributed by atoms with Crippen LogP contribution >= 0.6 is 0 Å². The Labute approximate surface area is 146 Å². The Hall–Kier alpha value is -2.99. The van der Waals surface area contributed by atoms with E-state index >= 15 is 0 Å². The zero-order chi connectivity index (χ0) is 17.8. The van der Waals surface area contributed by atoms with Crippen molar-refractivity contribution in [2.75, 3.05) is 13.2 Å². The highest BCUT2D eigenvalue weighted by molar-refractivity contribution is 5.91. The molecule has 3 aromatic rings. The third kappa shape index (κ3) is 3.75. The number of hydrogen-bond acceptors (Lipinski definition) is 4. The molecule has 128 valence electrons. The molecule has 6 heteroatoms. The van der Waals surface area contributed by atoms with Crippen LogP contribution in [0.4, 0.5) is 0 Å². The zero-order valence-electron chi connectivity index (χ0n) is 14.2. The summed E-state index contributed by atoms with van der Waals surface area (Å²) in [5.74, 6) is 0.260. The largest absolute Gasteiger partial charge is 0.395 e. The second kappa shape index (κ2) is 7.27. The molecule has 2 N–H and O–H groups in total. The number of amides is 1. The molecule has 3 rings (SSSR count). The average molecular weight is 336 g/mol. The van der Waals surface area contributed by atoms with Gasteiger partial charge in [0.1, 0.15) is 0 Å². The Bertz CT molecular complexity index is 804. The van der Waals surface area contributed by atoms with Gasteiger partial charge in [-0.05, 0) is 26.0 Å². The monoisotopic (exact) mass is 336 g/mol. The lowest BCUT2D eigenvalue weighted by Crippen LogP contribution is -2.27. The van der Waals surface area contributed by atoms with E-state index < -0.39 is 5.91 Å². The number of aliphatic hydroxyl groups excluding tert-OH is 1. The van der Waals surface area contributed by atoms with E-state index in [4.69, 9.17) is 5.11 Å². The lowest BCUT2D eigenvalue weighted by atomic mass is 10.1. The molecule has 0 aliphatic carbocycles. The zero-order valence-corrected chi connectivity index (χ0v) is 14.2. The summed E-state index contributed by atoms with van der Waals surface area (Å²) in [7, 11) is 0. The number of aromatic nitrogens is 3. The molecule has 1 amide bonds. The number of nitrogens with zero attached hydrogens (tertiary/aromatic N) is 3. The Morgan fingerprint density at radius 1 is 1.04 bits per heavy atom. The number of carbonyl (C=O) groups excluding carboxylic acids is 1. The first-order valence-electron chi connectivity index (χ1n) is 8.08. The molecule has 0 aliphatic heterocycles. The number of benzene rings is 2. The third-order valence-electron chi connectivity index (χ3n) is 3.80. The molecule has 25 heavy (non-hydrogen) atoms. The van der Waals surface area contributed by atoms with Crippen molar-refractivity contribution in [3.05, 3.63) is 65.5 Å². The molecule has 1 heterocycles. The number of aryl methyl sites for hydroxylation is 2. The molecule has 0 fully saturated rings. The molecule has 2 aromatic carbocycles. The van der Waals surface area contributed by atoms with Gasteiger partial charge in [0.2, 0.25) is 5.82 Å². The number of carbonyl (C=O) groups is 1. The maximum absolute atomic E-state index is 12.2.